The average Bonchev–Trinajstić information content (AvgIpc) is 1.64. The van der Waals surface area contributed by atoms with Crippen molar-refractivity contribution >= 4 is 17.3 Å². The van der Waals surface area contributed by atoms with Gasteiger partial charge < -0.3 is 57.5 Å². The Balaban J connectivity index is 0.000000271. The van der Waals surface area contributed by atoms with Crippen molar-refractivity contribution in [1.29, 1.82) is 10.5 Å². The van der Waals surface area contributed by atoms with Crippen LogP contribution in [0.3, 0.4) is 0 Å². The maximum absolute atomic E-state index is 12.9. The molecule has 0 fully saturated rings. The number of benzene rings is 7. The molecule has 1 N–H and O–H groups in total. The van der Waals surface area contributed by atoms with Crippen molar-refractivity contribution in [2.45, 2.75) is 89.2 Å². The van der Waals surface area contributed by atoms with Crippen molar-refractivity contribution in [3.63, 3.8) is 0 Å². The molecule has 7 aromatic carbocycles. The van der Waals surface area contributed by atoms with Gasteiger partial charge in [0.15, 0.2) is 72.4 Å². The van der Waals surface area contributed by atoms with Crippen LogP contribution in [-0.2, 0) is 30.4 Å². The largest absolute Gasteiger partial charge is 0.488 e. The minimum Gasteiger partial charge on any atom is -0.488 e. The van der Waals surface area contributed by atoms with Gasteiger partial charge in [-0.2, -0.15) is 63.2 Å². The number of esters is 1. The van der Waals surface area contributed by atoms with Gasteiger partial charge in [0.25, 0.3) is 0 Å². The second-order valence-electron chi connectivity index (χ2n) is 24.9. The first kappa shape index (κ1) is 81.7. The highest BCUT2D eigenvalue weighted by Crippen LogP contribution is 2.38. The summed E-state index contributed by atoms with van der Waals surface area (Å²) in [5, 5.41) is 29.4. The molecule has 7 aromatic rings. The summed E-state index contributed by atoms with van der Waals surface area (Å²) in [6.07, 6.45) is -14.4. The fourth-order valence-corrected chi connectivity index (χ4v) is 12.1. The standard InChI is InChI=1S/C42H43F6N3O6.C35H39F6N3O5/c1-30(24-31-25-33-16-18-51(39(33)34(26-31)27-49)17-9-21-55-40(52)32-10-3-2-4-11-32)50(19-22-53-35-12-5-7-14-37(35)56-28-41(43,44)45)20-23-54-36-13-6-8-15-38(36)57-29-42(46,47)48;1-25(19-26-20-27-11-13-44(12-6-16-45)33(27)28(21-26)22-42)43(14-17-46-29-7-2-4-9-31(29)48-23-34(36,37)38)15-18-47-30-8-3-5-10-32(30)49-24-35(39,40)41/h2-8,10-15,25-26,30H,9,16-24,28-29H2,1H3;2-5,7-10,20-21,25,45H,6,11-19,23-24H2,1H3/t30-;25-/m11/s1. The van der Waals surface area contributed by atoms with Gasteiger partial charge in [-0.05, 0) is 147 Å². The zero-order valence-corrected chi connectivity index (χ0v) is 58.3. The van der Waals surface area contributed by atoms with E-state index in [1.807, 2.05) is 41.8 Å². The summed E-state index contributed by atoms with van der Waals surface area (Å²) in [5.41, 5.74) is 7.26. The van der Waals surface area contributed by atoms with Gasteiger partial charge in [0, 0.05) is 71.0 Å². The lowest BCUT2D eigenvalue weighted by molar-refractivity contribution is -0.154. The summed E-state index contributed by atoms with van der Waals surface area (Å²) >= 11 is 0. The Morgan fingerprint density at radius 1 is 0.443 bits per heavy atom. The van der Waals surface area contributed by atoms with E-state index in [2.05, 4.69) is 34.1 Å². The van der Waals surface area contributed by atoms with E-state index in [-0.39, 0.29) is 104 Å². The number of carbonyl (C=O) groups is 1. The summed E-state index contributed by atoms with van der Waals surface area (Å²) in [6, 6.07) is 45.2. The maximum atomic E-state index is 12.9. The van der Waals surface area contributed by atoms with Crippen LogP contribution in [0.5, 0.6) is 46.0 Å². The highest BCUT2D eigenvalue weighted by molar-refractivity contribution is 5.89. The third kappa shape index (κ3) is 26.6. The van der Waals surface area contributed by atoms with Crippen molar-refractivity contribution in [2.24, 2.45) is 0 Å². The van der Waals surface area contributed by atoms with E-state index in [9.17, 15) is 73.1 Å². The van der Waals surface area contributed by atoms with Crippen LogP contribution >= 0.6 is 0 Å². The molecule has 0 unspecified atom stereocenters. The zero-order chi connectivity index (χ0) is 76.3. The van der Waals surface area contributed by atoms with Gasteiger partial charge in [-0.1, -0.05) is 78.9 Å². The van der Waals surface area contributed by atoms with Crippen molar-refractivity contribution in [2.75, 3.05) is 128 Å². The van der Waals surface area contributed by atoms with Crippen LogP contribution in [0.15, 0.2) is 152 Å². The van der Waals surface area contributed by atoms with Crippen LogP contribution in [0.2, 0.25) is 0 Å². The van der Waals surface area contributed by atoms with Crippen molar-refractivity contribution < 1.29 is 105 Å². The lowest BCUT2D eigenvalue weighted by atomic mass is 9.98. The molecular weight excluding hydrogens is 1410 g/mol. The summed E-state index contributed by atoms with van der Waals surface area (Å²) in [7, 11) is 0. The number of aliphatic hydroxyl groups excluding tert-OH is 1. The first-order valence-electron chi connectivity index (χ1n) is 34.2. The number of hydrogen-bond donors (Lipinski definition) is 1. The minimum atomic E-state index is -4.53. The molecule has 0 bridgehead atoms. The minimum absolute atomic E-state index is 0.0478. The summed E-state index contributed by atoms with van der Waals surface area (Å²) < 4.78 is 203. The number of aliphatic hydroxyl groups is 1. The smallest absolute Gasteiger partial charge is 0.422 e. The summed E-state index contributed by atoms with van der Waals surface area (Å²) in [6.45, 7) is 2.58. The van der Waals surface area contributed by atoms with E-state index in [0.717, 1.165) is 53.0 Å². The fourth-order valence-electron chi connectivity index (χ4n) is 12.1. The number of rotatable bonds is 38. The Hall–Kier alpha value is -9.97. The summed E-state index contributed by atoms with van der Waals surface area (Å²) in [5.74, 6) is -0.0310. The van der Waals surface area contributed by atoms with Crippen molar-refractivity contribution in [3.05, 3.63) is 191 Å². The van der Waals surface area contributed by atoms with E-state index in [1.54, 1.807) is 60.7 Å². The van der Waals surface area contributed by atoms with E-state index >= 15 is 0 Å². The van der Waals surface area contributed by atoms with Crippen LogP contribution in [0.25, 0.3) is 0 Å². The van der Waals surface area contributed by atoms with Gasteiger partial charge in [0.05, 0.1) is 34.7 Å². The normalized spacial score (nSPS) is 13.3. The lowest BCUT2D eigenvalue weighted by Crippen LogP contribution is -2.40. The molecule has 0 spiro atoms. The second kappa shape index (κ2) is 39.4. The van der Waals surface area contributed by atoms with Crippen LogP contribution < -0.4 is 47.7 Å². The Kier molecular flexibility index (Phi) is 30.4. The number of carbonyl (C=O) groups excluding carboxylic acids is 1. The van der Waals surface area contributed by atoms with Crippen LogP contribution in [0.1, 0.15) is 70.4 Å². The number of nitriles is 2. The number of fused-ring (bicyclic) bond motifs is 2. The molecule has 9 rings (SSSR count). The molecule has 2 aliphatic rings. The quantitative estimate of drug-likeness (QED) is 0.0219. The number of hydrogen-bond acceptors (Lipinski definition) is 17. The van der Waals surface area contributed by atoms with Gasteiger partial charge >= 0.3 is 30.7 Å². The molecule has 2 heterocycles. The van der Waals surface area contributed by atoms with Gasteiger partial charge in [-0.3, -0.25) is 9.80 Å². The SMILES string of the molecule is C[C@H](Cc1cc(C#N)c2c(c1)CCN2CCCO)N(CCOc1ccccc1OCC(F)(F)F)CCOc1ccccc1OCC(F)(F)F.C[C@H](Cc1cc(C#N)c2c(c1)CCN2CCCOC(=O)c1ccccc1)N(CCOc1ccccc1OCC(F)(F)F)CCOc1ccccc1OCC(F)(F)F. The van der Waals surface area contributed by atoms with E-state index in [1.165, 1.54) is 60.7 Å². The van der Waals surface area contributed by atoms with Gasteiger partial charge in [-0.25, -0.2) is 4.79 Å². The molecule has 17 nitrogen and oxygen atoms in total. The van der Waals surface area contributed by atoms with Gasteiger partial charge in [-0.15, -0.1) is 0 Å². The first-order chi connectivity index (χ1) is 50.7. The first-order valence-corrected chi connectivity index (χ1v) is 34.2. The topological polar surface area (TPSA) is 181 Å². The van der Waals surface area contributed by atoms with Crippen molar-refractivity contribution in [3.8, 4) is 58.1 Å². The van der Waals surface area contributed by atoms with E-state index < -0.39 is 51.1 Å². The summed E-state index contributed by atoms with van der Waals surface area (Å²) in [4.78, 5) is 20.6. The average molecular weight is 1500 g/mol. The lowest BCUT2D eigenvalue weighted by Gasteiger charge is -2.30. The molecule has 0 aliphatic carbocycles. The third-order valence-corrected chi connectivity index (χ3v) is 16.9. The molecule has 29 heteroatoms. The molecule has 106 heavy (non-hydrogen) atoms. The number of nitrogens with zero attached hydrogens (tertiary/aromatic N) is 6. The highest BCUT2D eigenvalue weighted by atomic mass is 19.4. The molecular formula is C77H82F12N6O11. The number of anilines is 2. The molecule has 0 saturated carbocycles. The molecule has 0 radical (unpaired) electrons. The predicted molar refractivity (Wildman–Crippen MR) is 371 cm³/mol. The monoisotopic (exact) mass is 1490 g/mol. The molecule has 0 aromatic heterocycles. The zero-order valence-electron chi connectivity index (χ0n) is 58.3. The fraction of sp³-hybridized carbons (Fsp3) is 0.416. The maximum Gasteiger partial charge on any atom is 0.422 e. The van der Waals surface area contributed by atoms with E-state index in [0.29, 0.717) is 88.2 Å². The second-order valence-corrected chi connectivity index (χ2v) is 24.9. The number of para-hydroxylation sites is 8. The van der Waals surface area contributed by atoms with Crippen LogP contribution in [-0.4, -0.2) is 176 Å². The Bertz CT molecular complexity index is 3870. The Labute approximate surface area is 606 Å². The number of halogens is 12. The third-order valence-electron chi connectivity index (χ3n) is 16.9. The van der Waals surface area contributed by atoms with Crippen molar-refractivity contribution in [1.82, 2.24) is 9.80 Å². The van der Waals surface area contributed by atoms with Gasteiger partial charge in [0.2, 0.25) is 0 Å². The molecule has 2 aliphatic heterocycles. The predicted octanol–water partition coefficient (Wildman–Crippen LogP) is 15.0. The Morgan fingerprint density at radius 3 is 1.05 bits per heavy atom. The molecule has 0 saturated heterocycles. The van der Waals surface area contributed by atoms with Gasteiger partial charge in [0.1, 0.15) is 38.6 Å². The molecule has 0 amide bonds. The van der Waals surface area contributed by atoms with Crippen LogP contribution in [0, 0.1) is 22.7 Å². The van der Waals surface area contributed by atoms with E-state index in [4.69, 9.17) is 42.6 Å². The molecule has 570 valence electrons. The molecule has 2 atom stereocenters. The number of alkyl halides is 12. The highest BCUT2D eigenvalue weighted by Gasteiger charge is 2.33. The van der Waals surface area contributed by atoms with Crippen LogP contribution in [0.4, 0.5) is 64.1 Å². The number of ether oxygens (including phenoxy) is 9. The Morgan fingerprint density at radius 2 is 0.745 bits per heavy atom.